The summed E-state index contributed by atoms with van der Waals surface area (Å²) >= 11 is 1.72. The van der Waals surface area contributed by atoms with Crippen molar-refractivity contribution in [1.29, 1.82) is 0 Å². The number of allylic oxidation sites excluding steroid dienone is 1. The third-order valence-electron chi connectivity index (χ3n) is 1.36. The Morgan fingerprint density at radius 2 is 2.18 bits per heavy atom. The fraction of sp³-hybridized carbons (Fsp3) is 0.400. The molecule has 0 bridgehead atoms. The zero-order valence-corrected chi connectivity index (χ0v) is 8.37. The minimum Gasteiger partial charge on any atom is -0.152 e. The molecule has 1 aromatic rings. The first kappa shape index (κ1) is 10.4. The van der Waals surface area contributed by atoms with Crippen molar-refractivity contribution in [3.05, 3.63) is 29.0 Å². The topological polar surface area (TPSA) is 0 Å². The highest BCUT2D eigenvalue weighted by atomic mass is 32.1. The van der Waals surface area contributed by atoms with E-state index in [4.69, 9.17) is 0 Å². The minimum atomic E-state index is 1.05. The molecule has 0 unspecified atom stereocenters. The van der Waals surface area contributed by atoms with E-state index in [1.807, 2.05) is 13.8 Å². The maximum absolute atomic E-state index is 3.92. The molecule has 0 saturated carbocycles. The summed E-state index contributed by atoms with van der Waals surface area (Å²) in [5.74, 6) is 0. The molecule has 1 heterocycles. The second-order valence-electron chi connectivity index (χ2n) is 1.97. The van der Waals surface area contributed by atoms with Crippen molar-refractivity contribution in [2.75, 3.05) is 0 Å². The molecule has 0 N–H and O–H groups in total. The van der Waals surface area contributed by atoms with E-state index >= 15 is 0 Å². The smallest absolute Gasteiger partial charge is 0.00182 e. The molecule has 0 radical (unpaired) electrons. The van der Waals surface area contributed by atoms with Gasteiger partial charge < -0.3 is 0 Å². The molecule has 11 heavy (non-hydrogen) atoms. The van der Waals surface area contributed by atoms with Crippen molar-refractivity contribution in [3.63, 3.8) is 0 Å². The molecule has 1 heteroatoms. The van der Waals surface area contributed by atoms with Gasteiger partial charge in [-0.05, 0) is 34.4 Å². The van der Waals surface area contributed by atoms with Crippen LogP contribution in [0.3, 0.4) is 0 Å². The molecular formula is C10H16S. The molecule has 0 aliphatic rings. The van der Waals surface area contributed by atoms with Crippen LogP contribution in [0, 0.1) is 0 Å². The largest absolute Gasteiger partial charge is 0.152 e. The van der Waals surface area contributed by atoms with Crippen LogP contribution in [0.5, 0.6) is 0 Å². The van der Waals surface area contributed by atoms with Gasteiger partial charge in [-0.1, -0.05) is 27.4 Å². The third-order valence-corrected chi connectivity index (χ3v) is 2.04. The molecule has 0 spiro atoms. The van der Waals surface area contributed by atoms with E-state index in [2.05, 4.69) is 30.3 Å². The molecule has 0 saturated heterocycles. The lowest BCUT2D eigenvalue weighted by atomic mass is 10.1. The van der Waals surface area contributed by atoms with E-state index < -0.39 is 0 Å². The van der Waals surface area contributed by atoms with E-state index in [1.54, 1.807) is 11.3 Å². The summed E-state index contributed by atoms with van der Waals surface area (Å²) in [6.45, 7) is 10.0. The Balaban J connectivity index is 0.000000461. The molecule has 0 nitrogen and oxygen atoms in total. The van der Waals surface area contributed by atoms with Crippen LogP contribution in [-0.2, 0) is 0 Å². The Kier molecular flexibility index (Phi) is 5.86. The van der Waals surface area contributed by atoms with Crippen LogP contribution in [0.15, 0.2) is 23.4 Å². The van der Waals surface area contributed by atoms with Gasteiger partial charge in [0.05, 0.1) is 0 Å². The second-order valence-corrected chi connectivity index (χ2v) is 2.75. The molecule has 1 rings (SSSR count). The van der Waals surface area contributed by atoms with Crippen LogP contribution < -0.4 is 0 Å². The summed E-state index contributed by atoms with van der Waals surface area (Å²) in [6.07, 6.45) is 1.05. The summed E-state index contributed by atoms with van der Waals surface area (Å²) in [7, 11) is 0. The van der Waals surface area contributed by atoms with Crippen molar-refractivity contribution in [3.8, 4) is 0 Å². The van der Waals surface area contributed by atoms with Gasteiger partial charge in [0.15, 0.2) is 0 Å². The van der Waals surface area contributed by atoms with Crippen LogP contribution in [0.1, 0.15) is 32.8 Å². The Hall–Kier alpha value is -0.560. The zero-order valence-electron chi connectivity index (χ0n) is 7.55. The van der Waals surface area contributed by atoms with Crippen molar-refractivity contribution < 1.29 is 0 Å². The number of thiophene rings is 1. The van der Waals surface area contributed by atoms with E-state index in [1.165, 1.54) is 11.1 Å². The molecule has 0 aromatic carbocycles. The summed E-state index contributed by atoms with van der Waals surface area (Å²) in [4.78, 5) is 0. The molecule has 0 aliphatic heterocycles. The molecule has 0 amide bonds. The fourth-order valence-corrected chi connectivity index (χ4v) is 1.37. The van der Waals surface area contributed by atoms with Crippen molar-refractivity contribution in [2.24, 2.45) is 0 Å². The average molecular weight is 168 g/mol. The van der Waals surface area contributed by atoms with E-state index in [9.17, 15) is 0 Å². The minimum absolute atomic E-state index is 1.05. The number of rotatable bonds is 2. The van der Waals surface area contributed by atoms with Crippen LogP contribution in [0.25, 0.3) is 5.57 Å². The number of hydrogen-bond donors (Lipinski definition) is 0. The molecule has 1 aromatic heterocycles. The van der Waals surface area contributed by atoms with Gasteiger partial charge in [-0.25, -0.2) is 0 Å². The summed E-state index contributed by atoms with van der Waals surface area (Å²) in [5, 5.41) is 4.21. The van der Waals surface area contributed by atoms with Crippen LogP contribution >= 0.6 is 11.3 Å². The summed E-state index contributed by atoms with van der Waals surface area (Å²) in [5.41, 5.74) is 2.53. The quantitative estimate of drug-likeness (QED) is 0.621. The van der Waals surface area contributed by atoms with Crippen LogP contribution in [0.2, 0.25) is 0 Å². The lowest BCUT2D eigenvalue weighted by Gasteiger charge is -1.94. The van der Waals surface area contributed by atoms with Gasteiger partial charge in [-0.3, -0.25) is 0 Å². The van der Waals surface area contributed by atoms with Crippen molar-refractivity contribution >= 4 is 16.9 Å². The van der Waals surface area contributed by atoms with Gasteiger partial charge in [0.2, 0.25) is 0 Å². The Morgan fingerprint density at radius 1 is 1.55 bits per heavy atom. The monoisotopic (exact) mass is 168 g/mol. The van der Waals surface area contributed by atoms with Gasteiger partial charge in [-0.15, -0.1) is 0 Å². The van der Waals surface area contributed by atoms with Gasteiger partial charge in [-0.2, -0.15) is 11.3 Å². The summed E-state index contributed by atoms with van der Waals surface area (Å²) < 4.78 is 0. The highest BCUT2D eigenvalue weighted by Gasteiger charge is 1.93. The molecular weight excluding hydrogens is 152 g/mol. The Bertz CT molecular complexity index is 185. The van der Waals surface area contributed by atoms with E-state index in [-0.39, 0.29) is 0 Å². The normalized spacial score (nSPS) is 8.27. The third kappa shape index (κ3) is 3.38. The summed E-state index contributed by atoms with van der Waals surface area (Å²) in [6, 6.07) is 2.11. The predicted octanol–water partition coefficient (Wildman–Crippen LogP) is 4.20. The maximum atomic E-state index is 3.92. The van der Waals surface area contributed by atoms with Crippen molar-refractivity contribution in [2.45, 2.75) is 27.2 Å². The number of hydrogen-bond acceptors (Lipinski definition) is 1. The lowest BCUT2D eigenvalue weighted by Crippen LogP contribution is -1.72. The molecule has 0 atom stereocenters. The maximum Gasteiger partial charge on any atom is -0.00182 e. The standard InChI is InChI=1S/C8H10S.C2H6/c1-3-7(2)8-4-5-9-6-8;1-2/h4-6H,2-3H2,1H3;1-2H3. The predicted molar refractivity (Wildman–Crippen MR) is 55.0 cm³/mol. The van der Waals surface area contributed by atoms with E-state index in [0.717, 1.165) is 6.42 Å². The van der Waals surface area contributed by atoms with Crippen LogP contribution in [0.4, 0.5) is 0 Å². The van der Waals surface area contributed by atoms with E-state index in [0.29, 0.717) is 0 Å². The Labute approximate surface area is 73.6 Å². The second kappa shape index (κ2) is 6.17. The molecule has 62 valence electrons. The highest BCUT2D eigenvalue weighted by Crippen LogP contribution is 2.17. The van der Waals surface area contributed by atoms with Gasteiger partial charge in [0, 0.05) is 0 Å². The van der Waals surface area contributed by atoms with Gasteiger partial charge in [0.25, 0.3) is 0 Å². The first-order chi connectivity index (χ1) is 5.34. The first-order valence-electron chi connectivity index (χ1n) is 4.05. The zero-order chi connectivity index (χ0) is 8.69. The molecule has 0 fully saturated rings. The fourth-order valence-electron chi connectivity index (χ4n) is 0.670. The van der Waals surface area contributed by atoms with Crippen LogP contribution in [-0.4, -0.2) is 0 Å². The van der Waals surface area contributed by atoms with Gasteiger partial charge >= 0.3 is 0 Å². The molecule has 0 aliphatic carbocycles. The highest BCUT2D eigenvalue weighted by molar-refractivity contribution is 7.08. The first-order valence-corrected chi connectivity index (χ1v) is 4.99. The SMILES string of the molecule is C=C(CC)c1ccsc1.CC. The average Bonchev–Trinajstić information content (AvgIpc) is 2.59. The Morgan fingerprint density at radius 3 is 2.55 bits per heavy atom. The van der Waals surface area contributed by atoms with Crippen molar-refractivity contribution in [1.82, 2.24) is 0 Å². The lowest BCUT2D eigenvalue weighted by molar-refractivity contribution is 1.25. The van der Waals surface area contributed by atoms with Gasteiger partial charge in [0.1, 0.15) is 0 Å².